The molecule has 1 heterocycles. The standard InChI is InChI=1S/C14H20N4O2/c1-17(2)13(19)10-5-4-9(15)8-12(10)16-11-6-7-18(3)14(11)20/h4-5,8,11,16H,6-7,15H2,1-3H3. The maximum absolute atomic E-state index is 12.1. The van der Waals surface area contributed by atoms with E-state index in [0.29, 0.717) is 16.9 Å². The monoisotopic (exact) mass is 276 g/mol. The summed E-state index contributed by atoms with van der Waals surface area (Å²) in [6.45, 7) is 0.718. The second-order valence-electron chi connectivity index (χ2n) is 5.25. The Balaban J connectivity index is 2.28. The molecule has 0 radical (unpaired) electrons. The first kappa shape index (κ1) is 14.2. The van der Waals surface area contributed by atoms with Crippen LogP contribution in [0.25, 0.3) is 0 Å². The fraction of sp³-hybridized carbons (Fsp3) is 0.429. The van der Waals surface area contributed by atoms with Crippen LogP contribution in [0.5, 0.6) is 0 Å². The van der Waals surface area contributed by atoms with Gasteiger partial charge < -0.3 is 20.9 Å². The molecule has 1 fully saturated rings. The molecule has 0 aromatic heterocycles. The van der Waals surface area contributed by atoms with Gasteiger partial charge in [0.25, 0.3) is 5.91 Å². The zero-order valence-electron chi connectivity index (χ0n) is 12.0. The number of nitrogen functional groups attached to an aromatic ring is 1. The predicted molar refractivity (Wildman–Crippen MR) is 78.5 cm³/mol. The van der Waals surface area contributed by atoms with Gasteiger partial charge in [0, 0.05) is 39.1 Å². The van der Waals surface area contributed by atoms with Crippen molar-refractivity contribution < 1.29 is 9.59 Å². The lowest BCUT2D eigenvalue weighted by Gasteiger charge is -2.19. The van der Waals surface area contributed by atoms with Gasteiger partial charge in [0.1, 0.15) is 6.04 Å². The summed E-state index contributed by atoms with van der Waals surface area (Å²) in [4.78, 5) is 27.3. The Kier molecular flexibility index (Phi) is 3.83. The Bertz CT molecular complexity index is 542. The normalized spacial score (nSPS) is 18.2. The van der Waals surface area contributed by atoms with E-state index >= 15 is 0 Å². The van der Waals surface area contributed by atoms with Gasteiger partial charge in [0.2, 0.25) is 5.91 Å². The minimum atomic E-state index is -0.296. The van der Waals surface area contributed by atoms with Gasteiger partial charge in [-0.3, -0.25) is 9.59 Å². The lowest BCUT2D eigenvalue weighted by molar-refractivity contribution is -0.127. The topological polar surface area (TPSA) is 78.7 Å². The Hall–Kier alpha value is -2.24. The van der Waals surface area contributed by atoms with Crippen LogP contribution in [0.4, 0.5) is 11.4 Å². The number of nitrogens with two attached hydrogens (primary N) is 1. The number of rotatable bonds is 3. The summed E-state index contributed by atoms with van der Waals surface area (Å²) >= 11 is 0. The molecule has 1 aromatic carbocycles. The Morgan fingerprint density at radius 1 is 1.45 bits per heavy atom. The zero-order chi connectivity index (χ0) is 14.9. The molecule has 1 saturated heterocycles. The molecule has 0 spiro atoms. The molecular formula is C14H20N4O2. The van der Waals surface area contributed by atoms with E-state index < -0.39 is 0 Å². The van der Waals surface area contributed by atoms with Crippen LogP contribution in [-0.4, -0.2) is 55.3 Å². The van der Waals surface area contributed by atoms with Crippen molar-refractivity contribution in [3.8, 4) is 0 Å². The molecule has 3 N–H and O–H groups in total. The molecule has 20 heavy (non-hydrogen) atoms. The maximum Gasteiger partial charge on any atom is 0.255 e. The Morgan fingerprint density at radius 2 is 2.15 bits per heavy atom. The number of hydrogen-bond donors (Lipinski definition) is 2. The summed E-state index contributed by atoms with van der Waals surface area (Å²) in [6.07, 6.45) is 0.722. The van der Waals surface area contributed by atoms with Crippen LogP contribution in [-0.2, 0) is 4.79 Å². The average Bonchev–Trinajstić information content (AvgIpc) is 2.70. The van der Waals surface area contributed by atoms with Crippen LogP contribution in [0, 0.1) is 0 Å². The molecule has 108 valence electrons. The highest BCUT2D eigenvalue weighted by Gasteiger charge is 2.29. The van der Waals surface area contributed by atoms with Gasteiger partial charge in [0.15, 0.2) is 0 Å². The van der Waals surface area contributed by atoms with Crippen LogP contribution in [0.15, 0.2) is 18.2 Å². The van der Waals surface area contributed by atoms with Gasteiger partial charge in [-0.1, -0.05) is 0 Å². The van der Waals surface area contributed by atoms with Crippen LogP contribution in [0.1, 0.15) is 16.8 Å². The van der Waals surface area contributed by atoms with E-state index in [0.717, 1.165) is 13.0 Å². The minimum absolute atomic E-state index is 0.0377. The number of benzene rings is 1. The molecule has 0 bridgehead atoms. The fourth-order valence-corrected chi connectivity index (χ4v) is 2.25. The molecule has 1 aliphatic heterocycles. The smallest absolute Gasteiger partial charge is 0.255 e. The van der Waals surface area contributed by atoms with Crippen LogP contribution in [0.3, 0.4) is 0 Å². The number of hydrogen-bond acceptors (Lipinski definition) is 4. The summed E-state index contributed by atoms with van der Waals surface area (Å²) in [5, 5.41) is 3.15. The van der Waals surface area contributed by atoms with Crippen molar-refractivity contribution in [2.24, 2.45) is 0 Å². The van der Waals surface area contributed by atoms with Crippen LogP contribution >= 0.6 is 0 Å². The van der Waals surface area contributed by atoms with Gasteiger partial charge in [-0.2, -0.15) is 0 Å². The first-order chi connectivity index (χ1) is 9.40. The summed E-state index contributed by atoms with van der Waals surface area (Å²) in [7, 11) is 5.16. The number of anilines is 2. The molecule has 2 amide bonds. The SMILES string of the molecule is CN(C)C(=O)c1ccc(N)cc1NC1CCN(C)C1=O. The third-order valence-corrected chi connectivity index (χ3v) is 3.44. The lowest BCUT2D eigenvalue weighted by Crippen LogP contribution is -2.32. The van der Waals surface area contributed by atoms with E-state index in [9.17, 15) is 9.59 Å². The Labute approximate surface area is 118 Å². The molecule has 6 nitrogen and oxygen atoms in total. The number of nitrogens with zero attached hydrogens (tertiary/aromatic N) is 2. The molecular weight excluding hydrogens is 256 g/mol. The van der Waals surface area contributed by atoms with Gasteiger partial charge in [-0.15, -0.1) is 0 Å². The van der Waals surface area contributed by atoms with Crippen molar-refractivity contribution in [1.82, 2.24) is 9.80 Å². The molecule has 0 saturated carbocycles. The maximum atomic E-state index is 12.1. The first-order valence-electron chi connectivity index (χ1n) is 6.53. The van der Waals surface area contributed by atoms with Gasteiger partial charge >= 0.3 is 0 Å². The quantitative estimate of drug-likeness (QED) is 0.793. The highest BCUT2D eigenvalue weighted by Crippen LogP contribution is 2.23. The van der Waals surface area contributed by atoms with Crippen molar-refractivity contribution in [3.63, 3.8) is 0 Å². The van der Waals surface area contributed by atoms with Crippen LogP contribution < -0.4 is 11.1 Å². The summed E-state index contributed by atoms with van der Waals surface area (Å²) in [5.74, 6) is -0.0815. The van der Waals surface area contributed by atoms with E-state index in [2.05, 4.69) is 5.32 Å². The van der Waals surface area contributed by atoms with Crippen molar-refractivity contribution in [2.45, 2.75) is 12.5 Å². The van der Waals surface area contributed by atoms with Crippen molar-refractivity contribution in [1.29, 1.82) is 0 Å². The minimum Gasteiger partial charge on any atom is -0.399 e. The van der Waals surface area contributed by atoms with Crippen molar-refractivity contribution in [3.05, 3.63) is 23.8 Å². The van der Waals surface area contributed by atoms with E-state index in [1.54, 1.807) is 44.2 Å². The number of nitrogens with one attached hydrogen (secondary N) is 1. The molecule has 6 heteroatoms. The number of likely N-dealkylation sites (N-methyl/N-ethyl adjacent to an activating group) is 1. The third kappa shape index (κ3) is 2.68. The highest BCUT2D eigenvalue weighted by atomic mass is 16.2. The molecule has 2 rings (SSSR count). The zero-order valence-corrected chi connectivity index (χ0v) is 12.0. The van der Waals surface area contributed by atoms with E-state index in [1.165, 1.54) is 4.90 Å². The number of amides is 2. The predicted octanol–water partition coefficient (Wildman–Crippen LogP) is 0.613. The van der Waals surface area contributed by atoms with Crippen molar-refractivity contribution >= 4 is 23.2 Å². The van der Waals surface area contributed by atoms with Gasteiger partial charge in [0.05, 0.1) is 5.56 Å². The number of likely N-dealkylation sites (tertiary alicyclic amines) is 1. The molecule has 1 aromatic rings. The molecule has 0 aliphatic carbocycles. The van der Waals surface area contributed by atoms with E-state index in [-0.39, 0.29) is 17.9 Å². The molecule has 1 aliphatic rings. The second-order valence-corrected chi connectivity index (χ2v) is 5.25. The first-order valence-corrected chi connectivity index (χ1v) is 6.53. The van der Waals surface area contributed by atoms with Crippen LogP contribution in [0.2, 0.25) is 0 Å². The fourth-order valence-electron chi connectivity index (χ4n) is 2.25. The number of carbonyl (C=O) groups is 2. The van der Waals surface area contributed by atoms with Gasteiger partial charge in [-0.25, -0.2) is 0 Å². The highest BCUT2D eigenvalue weighted by molar-refractivity contribution is 6.00. The Morgan fingerprint density at radius 3 is 2.70 bits per heavy atom. The summed E-state index contributed by atoms with van der Waals surface area (Å²) in [5.41, 5.74) is 7.47. The van der Waals surface area contributed by atoms with E-state index in [1.807, 2.05) is 0 Å². The molecule has 1 atom stereocenters. The number of carbonyl (C=O) groups excluding carboxylic acids is 2. The summed E-state index contributed by atoms with van der Waals surface area (Å²) in [6, 6.07) is 4.77. The van der Waals surface area contributed by atoms with E-state index in [4.69, 9.17) is 5.73 Å². The largest absolute Gasteiger partial charge is 0.399 e. The second kappa shape index (κ2) is 5.40. The third-order valence-electron chi connectivity index (χ3n) is 3.44. The lowest BCUT2D eigenvalue weighted by atomic mass is 10.1. The summed E-state index contributed by atoms with van der Waals surface area (Å²) < 4.78 is 0. The van der Waals surface area contributed by atoms with Gasteiger partial charge in [-0.05, 0) is 24.6 Å². The van der Waals surface area contributed by atoms with Crippen molar-refractivity contribution in [2.75, 3.05) is 38.7 Å². The molecule has 1 unspecified atom stereocenters. The average molecular weight is 276 g/mol.